The zero-order valence-corrected chi connectivity index (χ0v) is 14.2. The Labute approximate surface area is 141 Å². The summed E-state index contributed by atoms with van der Waals surface area (Å²) in [6.07, 6.45) is 0.705. The maximum Gasteiger partial charge on any atom is 0.361 e. The largest absolute Gasteiger partial charge is 0.455 e. The van der Waals surface area contributed by atoms with E-state index in [1.807, 2.05) is 30.3 Å². The van der Waals surface area contributed by atoms with Crippen LogP contribution in [0.5, 0.6) is 0 Å². The topological polar surface area (TPSA) is 86.5 Å². The molecule has 0 bridgehead atoms. The molecule has 0 aliphatic heterocycles. The second-order valence-corrected chi connectivity index (χ2v) is 6.48. The second-order valence-electron chi connectivity index (χ2n) is 6.48. The normalized spacial score (nSPS) is 12.8. The number of aromatic nitrogens is 3. The lowest BCUT2D eigenvalue weighted by atomic mass is 10.2. The molecule has 0 radical (unpaired) electrons. The molecule has 24 heavy (non-hydrogen) atoms. The van der Waals surface area contributed by atoms with Crippen LogP contribution in [0, 0.1) is 0 Å². The van der Waals surface area contributed by atoms with E-state index in [2.05, 4.69) is 10.3 Å². The Balaban J connectivity index is 1.78. The van der Waals surface area contributed by atoms with E-state index in [0.29, 0.717) is 6.61 Å². The number of aliphatic hydroxyl groups is 1. The van der Waals surface area contributed by atoms with Gasteiger partial charge in [-0.1, -0.05) is 35.5 Å². The van der Waals surface area contributed by atoms with Crippen molar-refractivity contribution in [3.8, 4) is 0 Å². The van der Waals surface area contributed by atoms with Gasteiger partial charge in [-0.2, -0.15) is 0 Å². The van der Waals surface area contributed by atoms with Crippen molar-refractivity contribution in [2.75, 3.05) is 6.61 Å². The lowest BCUT2D eigenvalue weighted by molar-refractivity contribution is 0.00620. The fourth-order valence-electron chi connectivity index (χ4n) is 1.97. The maximum atomic E-state index is 11.9. The molecule has 0 aliphatic carbocycles. The molecule has 1 N–H and O–H groups in total. The Hall–Kier alpha value is -2.25. The number of aliphatic hydroxyl groups excluding tert-OH is 1. The SMILES string of the molecule is CC(C)(C)OC(=O)c1cn(C[C@@H](O)COCc2ccccc2)nn1. The first kappa shape index (κ1) is 18.1. The van der Waals surface area contributed by atoms with Gasteiger partial charge in [-0.25, -0.2) is 9.48 Å². The van der Waals surface area contributed by atoms with Crippen molar-refractivity contribution in [3.05, 3.63) is 47.8 Å². The molecule has 1 atom stereocenters. The fourth-order valence-corrected chi connectivity index (χ4v) is 1.97. The predicted octanol–water partition coefficient (Wildman–Crippen LogP) is 1.81. The van der Waals surface area contributed by atoms with Gasteiger partial charge < -0.3 is 14.6 Å². The highest BCUT2D eigenvalue weighted by molar-refractivity contribution is 5.87. The summed E-state index contributed by atoms with van der Waals surface area (Å²) in [5, 5.41) is 17.6. The van der Waals surface area contributed by atoms with Crippen molar-refractivity contribution in [1.82, 2.24) is 15.0 Å². The van der Waals surface area contributed by atoms with Gasteiger partial charge in [-0.05, 0) is 26.3 Å². The summed E-state index contributed by atoms with van der Waals surface area (Å²) >= 11 is 0. The number of carbonyl (C=O) groups excluding carboxylic acids is 1. The first-order valence-corrected chi connectivity index (χ1v) is 7.77. The van der Waals surface area contributed by atoms with Crippen LogP contribution in [-0.4, -0.2) is 44.4 Å². The van der Waals surface area contributed by atoms with Gasteiger partial charge in [0.15, 0.2) is 5.69 Å². The fraction of sp³-hybridized carbons (Fsp3) is 0.471. The molecule has 0 amide bonds. The molecule has 1 aromatic heterocycles. The Morgan fingerprint density at radius 1 is 1.29 bits per heavy atom. The highest BCUT2D eigenvalue weighted by Crippen LogP contribution is 2.10. The van der Waals surface area contributed by atoms with Crippen LogP contribution in [0.2, 0.25) is 0 Å². The van der Waals surface area contributed by atoms with Gasteiger partial charge in [0, 0.05) is 0 Å². The van der Waals surface area contributed by atoms with Crippen LogP contribution < -0.4 is 0 Å². The monoisotopic (exact) mass is 333 g/mol. The lowest BCUT2D eigenvalue weighted by Crippen LogP contribution is -2.24. The highest BCUT2D eigenvalue weighted by Gasteiger charge is 2.20. The van der Waals surface area contributed by atoms with Crippen LogP contribution in [0.1, 0.15) is 36.8 Å². The summed E-state index contributed by atoms with van der Waals surface area (Å²) in [5.74, 6) is -0.538. The molecule has 1 heterocycles. The van der Waals surface area contributed by atoms with Crippen molar-refractivity contribution in [1.29, 1.82) is 0 Å². The van der Waals surface area contributed by atoms with Gasteiger partial charge in [0.2, 0.25) is 0 Å². The number of nitrogens with zero attached hydrogens (tertiary/aromatic N) is 3. The molecular formula is C17H23N3O4. The number of benzene rings is 1. The van der Waals surface area contributed by atoms with E-state index in [1.165, 1.54) is 10.9 Å². The summed E-state index contributed by atoms with van der Waals surface area (Å²) < 4.78 is 12.1. The van der Waals surface area contributed by atoms with E-state index >= 15 is 0 Å². The summed E-state index contributed by atoms with van der Waals surface area (Å²) in [4.78, 5) is 11.9. The molecule has 0 saturated heterocycles. The molecule has 0 unspecified atom stereocenters. The van der Waals surface area contributed by atoms with E-state index in [1.54, 1.807) is 20.8 Å². The van der Waals surface area contributed by atoms with E-state index in [-0.39, 0.29) is 18.8 Å². The van der Waals surface area contributed by atoms with Crippen molar-refractivity contribution in [2.24, 2.45) is 0 Å². The Morgan fingerprint density at radius 2 is 2.00 bits per heavy atom. The van der Waals surface area contributed by atoms with E-state index < -0.39 is 17.7 Å². The van der Waals surface area contributed by atoms with Crippen molar-refractivity contribution >= 4 is 5.97 Å². The summed E-state index contributed by atoms with van der Waals surface area (Å²) in [6, 6.07) is 9.71. The minimum Gasteiger partial charge on any atom is -0.455 e. The lowest BCUT2D eigenvalue weighted by Gasteiger charge is -2.18. The van der Waals surface area contributed by atoms with Gasteiger partial charge in [0.25, 0.3) is 0 Å². The number of hydrogen-bond acceptors (Lipinski definition) is 6. The number of rotatable bonds is 7. The average Bonchev–Trinajstić information content (AvgIpc) is 2.95. The minimum absolute atomic E-state index is 0.113. The summed E-state index contributed by atoms with van der Waals surface area (Å²) in [5.41, 5.74) is 0.561. The van der Waals surface area contributed by atoms with Crippen LogP contribution in [0.25, 0.3) is 0 Å². The molecule has 0 saturated carbocycles. The molecule has 1 aromatic carbocycles. The minimum atomic E-state index is -0.748. The van der Waals surface area contributed by atoms with Crippen LogP contribution >= 0.6 is 0 Å². The second kappa shape index (κ2) is 8.03. The third-order valence-electron chi connectivity index (χ3n) is 2.97. The van der Waals surface area contributed by atoms with Crippen LogP contribution in [0.3, 0.4) is 0 Å². The van der Waals surface area contributed by atoms with Crippen LogP contribution in [0.15, 0.2) is 36.5 Å². The Kier molecular flexibility index (Phi) is 6.05. The van der Waals surface area contributed by atoms with Gasteiger partial charge >= 0.3 is 5.97 Å². The zero-order chi connectivity index (χ0) is 17.6. The van der Waals surface area contributed by atoms with Gasteiger partial charge in [0.1, 0.15) is 5.60 Å². The van der Waals surface area contributed by atoms with Crippen molar-refractivity contribution in [3.63, 3.8) is 0 Å². The smallest absolute Gasteiger partial charge is 0.361 e. The van der Waals surface area contributed by atoms with E-state index in [4.69, 9.17) is 9.47 Å². The summed E-state index contributed by atoms with van der Waals surface area (Å²) in [6.45, 7) is 6.12. The molecule has 130 valence electrons. The van der Waals surface area contributed by atoms with Gasteiger partial charge in [-0.15, -0.1) is 5.10 Å². The molecule has 2 rings (SSSR count). The third-order valence-corrected chi connectivity index (χ3v) is 2.97. The highest BCUT2D eigenvalue weighted by atomic mass is 16.6. The zero-order valence-electron chi connectivity index (χ0n) is 14.2. The van der Waals surface area contributed by atoms with Crippen LogP contribution in [0.4, 0.5) is 0 Å². The standard InChI is InChI=1S/C17H23N3O4/c1-17(2,3)24-16(22)15-10-20(19-18-15)9-14(21)12-23-11-13-7-5-4-6-8-13/h4-8,10,14,21H,9,11-12H2,1-3H3/t14-/m1/s1. The maximum absolute atomic E-state index is 11.9. The number of carbonyl (C=O) groups is 1. The van der Waals surface area contributed by atoms with Crippen molar-refractivity contribution in [2.45, 2.75) is 45.6 Å². The van der Waals surface area contributed by atoms with Crippen molar-refractivity contribution < 1.29 is 19.4 Å². The number of ether oxygens (including phenoxy) is 2. The first-order chi connectivity index (χ1) is 11.3. The Bertz CT molecular complexity index is 649. The molecular weight excluding hydrogens is 310 g/mol. The van der Waals surface area contributed by atoms with Gasteiger partial charge in [0.05, 0.1) is 32.1 Å². The average molecular weight is 333 g/mol. The third kappa shape index (κ3) is 6.10. The summed E-state index contributed by atoms with van der Waals surface area (Å²) in [7, 11) is 0. The predicted molar refractivity (Wildman–Crippen MR) is 87.3 cm³/mol. The Morgan fingerprint density at radius 3 is 2.67 bits per heavy atom. The van der Waals surface area contributed by atoms with E-state index in [9.17, 15) is 9.90 Å². The van der Waals surface area contributed by atoms with Crippen LogP contribution in [-0.2, 0) is 22.6 Å². The first-order valence-electron chi connectivity index (χ1n) is 7.77. The molecule has 7 heteroatoms. The molecule has 7 nitrogen and oxygen atoms in total. The molecule has 0 aliphatic rings. The number of esters is 1. The van der Waals surface area contributed by atoms with E-state index in [0.717, 1.165) is 5.56 Å². The number of hydrogen-bond donors (Lipinski definition) is 1. The molecule has 2 aromatic rings. The molecule has 0 fully saturated rings. The van der Waals surface area contributed by atoms with Gasteiger partial charge in [-0.3, -0.25) is 0 Å². The quantitative estimate of drug-likeness (QED) is 0.778. The molecule has 0 spiro atoms.